The molecule has 1 heterocycles. The molecular formula is C11H9F3N2OS. The molecule has 1 unspecified atom stereocenters. The quantitative estimate of drug-likeness (QED) is 0.935. The minimum atomic E-state index is -4.71. The van der Waals surface area contributed by atoms with Crippen molar-refractivity contribution in [1.29, 1.82) is 0 Å². The molecule has 1 aromatic carbocycles. The van der Waals surface area contributed by atoms with Crippen LogP contribution in [0.25, 0.3) is 0 Å². The van der Waals surface area contributed by atoms with Gasteiger partial charge in [-0.05, 0) is 17.7 Å². The molecule has 7 heteroatoms. The van der Waals surface area contributed by atoms with E-state index in [-0.39, 0.29) is 5.75 Å². The first-order chi connectivity index (χ1) is 8.46. The van der Waals surface area contributed by atoms with E-state index in [9.17, 15) is 13.2 Å². The zero-order chi connectivity index (χ0) is 13.2. The monoisotopic (exact) mass is 274 g/mol. The molecule has 2 aromatic rings. The lowest BCUT2D eigenvalue weighted by Gasteiger charge is -2.13. The van der Waals surface area contributed by atoms with Crippen LogP contribution in [0.5, 0.6) is 5.75 Å². The van der Waals surface area contributed by atoms with Gasteiger partial charge < -0.3 is 10.5 Å². The lowest BCUT2D eigenvalue weighted by molar-refractivity contribution is -0.274. The molecular weight excluding hydrogens is 265 g/mol. The van der Waals surface area contributed by atoms with Gasteiger partial charge in [-0.15, -0.1) is 24.5 Å². The fourth-order valence-electron chi connectivity index (χ4n) is 1.45. The van der Waals surface area contributed by atoms with Gasteiger partial charge in [0.1, 0.15) is 5.75 Å². The van der Waals surface area contributed by atoms with Crippen LogP contribution < -0.4 is 10.5 Å². The van der Waals surface area contributed by atoms with E-state index in [0.29, 0.717) is 11.3 Å². The molecule has 96 valence electrons. The largest absolute Gasteiger partial charge is 0.573 e. The summed E-state index contributed by atoms with van der Waals surface area (Å²) in [4.78, 5) is 4.03. The SMILES string of the molecule is NC(c1cccc(OC(F)(F)F)c1)c1cscn1. The lowest BCUT2D eigenvalue weighted by Crippen LogP contribution is -2.18. The first-order valence-electron chi connectivity index (χ1n) is 4.95. The van der Waals surface area contributed by atoms with Gasteiger partial charge in [0.15, 0.2) is 0 Å². The van der Waals surface area contributed by atoms with E-state index in [2.05, 4.69) is 9.72 Å². The normalized spacial score (nSPS) is 13.3. The molecule has 0 amide bonds. The maximum Gasteiger partial charge on any atom is 0.573 e. The van der Waals surface area contributed by atoms with E-state index < -0.39 is 12.4 Å². The van der Waals surface area contributed by atoms with E-state index in [1.807, 2.05) is 0 Å². The molecule has 0 saturated heterocycles. The second-order valence-electron chi connectivity index (χ2n) is 3.51. The van der Waals surface area contributed by atoms with Gasteiger partial charge in [-0.1, -0.05) is 12.1 Å². The van der Waals surface area contributed by atoms with Gasteiger partial charge in [-0.2, -0.15) is 0 Å². The number of nitrogens with zero attached hydrogens (tertiary/aromatic N) is 1. The molecule has 0 saturated carbocycles. The fourth-order valence-corrected chi connectivity index (χ4v) is 2.04. The molecule has 2 rings (SSSR count). The van der Waals surface area contributed by atoms with Crippen molar-refractivity contribution in [3.05, 3.63) is 46.4 Å². The van der Waals surface area contributed by atoms with E-state index in [0.717, 1.165) is 0 Å². The summed E-state index contributed by atoms with van der Waals surface area (Å²) in [5, 5.41) is 1.75. The second-order valence-corrected chi connectivity index (χ2v) is 4.23. The summed E-state index contributed by atoms with van der Waals surface area (Å²) in [6.07, 6.45) is -4.71. The summed E-state index contributed by atoms with van der Waals surface area (Å²) >= 11 is 1.37. The molecule has 0 aliphatic heterocycles. The van der Waals surface area contributed by atoms with Crippen LogP contribution in [0, 0.1) is 0 Å². The number of alkyl halides is 3. The van der Waals surface area contributed by atoms with Gasteiger partial charge in [-0.25, -0.2) is 4.98 Å². The smallest absolute Gasteiger partial charge is 0.406 e. The van der Waals surface area contributed by atoms with Crippen molar-refractivity contribution in [2.24, 2.45) is 5.73 Å². The van der Waals surface area contributed by atoms with Gasteiger partial charge in [0.2, 0.25) is 0 Å². The third-order valence-electron chi connectivity index (χ3n) is 2.22. The molecule has 2 N–H and O–H groups in total. The van der Waals surface area contributed by atoms with Crippen molar-refractivity contribution in [3.8, 4) is 5.75 Å². The Morgan fingerprint density at radius 1 is 1.33 bits per heavy atom. The first-order valence-corrected chi connectivity index (χ1v) is 5.89. The summed E-state index contributed by atoms with van der Waals surface area (Å²) in [6, 6.07) is 5.02. The van der Waals surface area contributed by atoms with Crippen LogP contribution in [0.2, 0.25) is 0 Å². The predicted octanol–water partition coefficient (Wildman–Crippen LogP) is 3.09. The third-order valence-corrected chi connectivity index (χ3v) is 2.83. The number of aromatic nitrogens is 1. The van der Waals surface area contributed by atoms with Crippen LogP contribution in [0.3, 0.4) is 0 Å². The van der Waals surface area contributed by atoms with Crippen LogP contribution >= 0.6 is 11.3 Å². The topological polar surface area (TPSA) is 48.1 Å². The molecule has 0 radical (unpaired) electrons. The molecule has 0 bridgehead atoms. The minimum absolute atomic E-state index is 0.286. The highest BCUT2D eigenvalue weighted by Crippen LogP contribution is 2.27. The number of hydrogen-bond acceptors (Lipinski definition) is 4. The first kappa shape index (κ1) is 12.8. The zero-order valence-corrected chi connectivity index (χ0v) is 9.83. The lowest BCUT2D eigenvalue weighted by atomic mass is 10.1. The average Bonchev–Trinajstić information content (AvgIpc) is 2.79. The Labute approximate surface area is 105 Å². The Morgan fingerprint density at radius 2 is 2.11 bits per heavy atom. The van der Waals surface area contributed by atoms with Crippen molar-refractivity contribution in [3.63, 3.8) is 0 Å². The number of thiazole rings is 1. The molecule has 0 fully saturated rings. The summed E-state index contributed by atoms with van der Waals surface area (Å²) in [7, 11) is 0. The Morgan fingerprint density at radius 3 is 2.72 bits per heavy atom. The maximum absolute atomic E-state index is 12.1. The third kappa shape index (κ3) is 3.21. The zero-order valence-electron chi connectivity index (χ0n) is 9.02. The second kappa shape index (κ2) is 4.95. The Bertz CT molecular complexity index is 513. The van der Waals surface area contributed by atoms with Gasteiger partial charge in [0, 0.05) is 5.38 Å². The number of ether oxygens (including phenoxy) is 1. The van der Waals surface area contributed by atoms with Gasteiger partial charge >= 0.3 is 6.36 Å². The minimum Gasteiger partial charge on any atom is -0.406 e. The van der Waals surface area contributed by atoms with Crippen LogP contribution in [-0.2, 0) is 0 Å². The number of nitrogens with two attached hydrogens (primary N) is 1. The number of halogens is 3. The molecule has 1 aromatic heterocycles. The number of hydrogen-bond donors (Lipinski definition) is 1. The fraction of sp³-hybridized carbons (Fsp3) is 0.182. The number of rotatable bonds is 3. The van der Waals surface area contributed by atoms with E-state index in [1.165, 1.54) is 29.5 Å². The predicted molar refractivity (Wildman–Crippen MR) is 61.3 cm³/mol. The molecule has 3 nitrogen and oxygen atoms in total. The van der Waals surface area contributed by atoms with Gasteiger partial charge in [0.25, 0.3) is 0 Å². The Kier molecular flexibility index (Phi) is 3.53. The molecule has 0 aliphatic rings. The molecule has 18 heavy (non-hydrogen) atoms. The number of benzene rings is 1. The van der Waals surface area contributed by atoms with Crippen LogP contribution in [-0.4, -0.2) is 11.3 Å². The van der Waals surface area contributed by atoms with Crippen molar-refractivity contribution in [1.82, 2.24) is 4.98 Å². The Balaban J connectivity index is 2.22. The summed E-state index contributed by atoms with van der Waals surface area (Å²) in [5.41, 5.74) is 8.65. The summed E-state index contributed by atoms with van der Waals surface area (Å²) in [6.45, 7) is 0. The highest BCUT2D eigenvalue weighted by molar-refractivity contribution is 7.07. The molecule has 0 spiro atoms. The van der Waals surface area contributed by atoms with E-state index in [1.54, 1.807) is 17.0 Å². The highest BCUT2D eigenvalue weighted by Gasteiger charge is 2.31. The van der Waals surface area contributed by atoms with Crippen LogP contribution in [0.15, 0.2) is 35.2 Å². The van der Waals surface area contributed by atoms with Crippen molar-refractivity contribution >= 4 is 11.3 Å². The van der Waals surface area contributed by atoms with Crippen molar-refractivity contribution < 1.29 is 17.9 Å². The molecule has 1 atom stereocenters. The molecule has 0 aliphatic carbocycles. The summed E-state index contributed by atoms with van der Waals surface area (Å²) < 4.78 is 40.1. The van der Waals surface area contributed by atoms with E-state index >= 15 is 0 Å². The maximum atomic E-state index is 12.1. The van der Waals surface area contributed by atoms with Crippen LogP contribution in [0.4, 0.5) is 13.2 Å². The van der Waals surface area contributed by atoms with Crippen molar-refractivity contribution in [2.75, 3.05) is 0 Å². The average molecular weight is 274 g/mol. The van der Waals surface area contributed by atoms with E-state index in [4.69, 9.17) is 5.73 Å². The van der Waals surface area contributed by atoms with Crippen LogP contribution in [0.1, 0.15) is 17.3 Å². The standard InChI is InChI=1S/C11H9F3N2OS/c12-11(13,14)17-8-3-1-2-7(4-8)10(15)9-5-18-6-16-9/h1-6,10H,15H2. The van der Waals surface area contributed by atoms with Gasteiger partial charge in [-0.3, -0.25) is 0 Å². The Hall–Kier alpha value is -1.60. The van der Waals surface area contributed by atoms with Gasteiger partial charge in [0.05, 0.1) is 17.2 Å². The highest BCUT2D eigenvalue weighted by atomic mass is 32.1. The summed E-state index contributed by atoms with van der Waals surface area (Å²) in [5.74, 6) is -0.286. The van der Waals surface area contributed by atoms with Crippen molar-refractivity contribution in [2.45, 2.75) is 12.4 Å².